The first-order valence-electron chi connectivity index (χ1n) is 6.87. The number of methoxy groups -OCH3 is 1. The Kier molecular flexibility index (Phi) is 5.67. The second-order valence-electron chi connectivity index (χ2n) is 4.92. The summed E-state index contributed by atoms with van der Waals surface area (Å²) >= 11 is 5.73. The molecule has 0 fully saturated rings. The molecule has 0 radical (unpaired) electrons. The lowest BCUT2D eigenvalue weighted by Crippen LogP contribution is -2.31. The van der Waals surface area contributed by atoms with Crippen LogP contribution in [0.1, 0.15) is 10.4 Å². The lowest BCUT2D eigenvalue weighted by Gasteiger charge is -2.15. The molecule has 2 aromatic rings. The number of halogens is 4. The Balaban J connectivity index is 2.38. The predicted octanol–water partition coefficient (Wildman–Crippen LogP) is 3.86. The average molecular weight is 409 g/mol. The maximum absolute atomic E-state index is 12.6. The van der Waals surface area contributed by atoms with Crippen molar-refractivity contribution in [3.05, 3.63) is 53.1 Å². The van der Waals surface area contributed by atoms with Crippen LogP contribution in [0.4, 0.5) is 24.5 Å². The molecule has 0 bridgehead atoms. The lowest BCUT2D eigenvalue weighted by molar-refractivity contribution is -0.0429. The van der Waals surface area contributed by atoms with Crippen LogP contribution in [0.25, 0.3) is 0 Å². The first-order valence-corrected chi connectivity index (χ1v) is 8.73. The van der Waals surface area contributed by atoms with Crippen LogP contribution >= 0.6 is 11.6 Å². The first kappa shape index (κ1) is 19.9. The Morgan fingerprint density at radius 1 is 1.12 bits per heavy atom. The van der Waals surface area contributed by atoms with Gasteiger partial charge in [0.15, 0.2) is 0 Å². The van der Waals surface area contributed by atoms with Crippen molar-refractivity contribution in [3.8, 4) is 5.75 Å². The summed E-state index contributed by atoms with van der Waals surface area (Å²) in [6.07, 6.45) is 0. The fraction of sp³-hybridized carbons (Fsp3) is 0.133. The third-order valence-electron chi connectivity index (χ3n) is 3.12. The zero-order chi connectivity index (χ0) is 19.5. The summed E-state index contributed by atoms with van der Waals surface area (Å²) < 4.78 is 66.8. The monoisotopic (exact) mass is 408 g/mol. The molecule has 26 heavy (non-hydrogen) atoms. The second kappa shape index (κ2) is 7.42. The molecule has 0 saturated heterocycles. The molecule has 0 aliphatic carbocycles. The van der Waals surface area contributed by atoms with Crippen molar-refractivity contribution >= 4 is 38.9 Å². The molecule has 2 rings (SSSR count). The van der Waals surface area contributed by atoms with E-state index in [1.54, 1.807) is 0 Å². The summed E-state index contributed by atoms with van der Waals surface area (Å²) in [7, 11) is -4.47. The largest absolute Gasteiger partial charge is 0.516 e. The van der Waals surface area contributed by atoms with E-state index in [2.05, 4.69) is 5.32 Å². The quantitative estimate of drug-likeness (QED) is 0.786. The zero-order valence-electron chi connectivity index (χ0n) is 13.1. The van der Waals surface area contributed by atoms with Crippen LogP contribution in [0.2, 0.25) is 5.02 Å². The van der Waals surface area contributed by atoms with Gasteiger partial charge in [-0.2, -0.15) is 21.6 Å². The van der Waals surface area contributed by atoms with Gasteiger partial charge in [-0.05, 0) is 36.4 Å². The van der Waals surface area contributed by atoms with Crippen LogP contribution in [0, 0.1) is 0 Å². The highest BCUT2D eigenvalue weighted by atomic mass is 35.5. The number of amides is 1. The van der Waals surface area contributed by atoms with E-state index in [0.717, 1.165) is 12.1 Å². The van der Waals surface area contributed by atoms with E-state index in [9.17, 15) is 26.4 Å². The molecule has 0 heterocycles. The number of carbonyl (C=O) groups excluding carboxylic acids is 1. The Bertz CT molecular complexity index is 915. The van der Waals surface area contributed by atoms with Crippen molar-refractivity contribution in [2.75, 3.05) is 17.1 Å². The topological polar surface area (TPSA) is 84.5 Å². The third-order valence-corrected chi connectivity index (χ3v) is 4.47. The number of hydrogen-bond donors (Lipinski definition) is 2. The van der Waals surface area contributed by atoms with Crippen molar-refractivity contribution in [2.45, 2.75) is 5.51 Å². The summed E-state index contributed by atoms with van der Waals surface area (Å²) in [6, 6.07) is 9.37. The number of benzene rings is 2. The molecule has 0 aliphatic heterocycles. The third kappa shape index (κ3) is 4.58. The van der Waals surface area contributed by atoms with E-state index >= 15 is 0 Å². The van der Waals surface area contributed by atoms with E-state index in [1.807, 2.05) is 0 Å². The fourth-order valence-electron chi connectivity index (χ4n) is 1.87. The fourth-order valence-corrected chi connectivity index (χ4v) is 2.57. The van der Waals surface area contributed by atoms with Gasteiger partial charge in [0.25, 0.3) is 5.91 Å². The average Bonchev–Trinajstić information content (AvgIpc) is 2.55. The maximum Gasteiger partial charge on any atom is 0.516 e. The summed E-state index contributed by atoms with van der Waals surface area (Å²) in [5, 5.41) is 2.86. The molecule has 0 aliphatic rings. The van der Waals surface area contributed by atoms with Gasteiger partial charge in [-0.15, -0.1) is 0 Å². The van der Waals surface area contributed by atoms with Crippen molar-refractivity contribution in [1.29, 1.82) is 0 Å². The van der Waals surface area contributed by atoms with Crippen molar-refractivity contribution in [3.63, 3.8) is 0 Å². The van der Waals surface area contributed by atoms with E-state index in [-0.39, 0.29) is 11.3 Å². The molecule has 0 saturated carbocycles. The number of hydrogen-bond acceptors (Lipinski definition) is 4. The Morgan fingerprint density at radius 2 is 1.73 bits per heavy atom. The molecular weight excluding hydrogens is 397 g/mol. The van der Waals surface area contributed by atoms with E-state index in [0.29, 0.717) is 10.7 Å². The zero-order valence-corrected chi connectivity index (χ0v) is 14.7. The number of nitrogens with one attached hydrogen (secondary N) is 2. The normalized spacial score (nSPS) is 11.7. The van der Waals surface area contributed by atoms with Gasteiger partial charge in [0.2, 0.25) is 0 Å². The predicted molar refractivity (Wildman–Crippen MR) is 91.0 cm³/mol. The minimum Gasteiger partial charge on any atom is -0.497 e. The number of ether oxygens (including phenoxy) is 1. The Labute approximate surface area is 152 Å². The van der Waals surface area contributed by atoms with Gasteiger partial charge in [-0.3, -0.25) is 9.52 Å². The summed E-state index contributed by atoms with van der Waals surface area (Å²) in [5.74, 6) is -0.761. The first-order chi connectivity index (χ1) is 12.0. The molecule has 0 atom stereocenters. The molecule has 6 nitrogen and oxygen atoms in total. The van der Waals surface area contributed by atoms with E-state index in [4.69, 9.17) is 16.3 Å². The number of alkyl halides is 3. The van der Waals surface area contributed by atoms with Gasteiger partial charge in [-0.25, -0.2) is 0 Å². The minimum absolute atomic E-state index is 0.0629. The number of rotatable bonds is 5. The van der Waals surface area contributed by atoms with Crippen molar-refractivity contribution < 1.29 is 31.1 Å². The molecular formula is C15H12ClF3N2O4S. The highest BCUT2D eigenvalue weighted by molar-refractivity contribution is 7.93. The van der Waals surface area contributed by atoms with Gasteiger partial charge in [0.1, 0.15) is 5.75 Å². The summed E-state index contributed by atoms with van der Waals surface area (Å²) in [5.41, 5.74) is -6.12. The summed E-state index contributed by atoms with van der Waals surface area (Å²) in [4.78, 5) is 12.4. The van der Waals surface area contributed by atoms with Crippen LogP contribution in [0.5, 0.6) is 5.75 Å². The van der Waals surface area contributed by atoms with Crippen LogP contribution < -0.4 is 14.8 Å². The van der Waals surface area contributed by atoms with Gasteiger partial charge < -0.3 is 10.1 Å². The van der Waals surface area contributed by atoms with Crippen molar-refractivity contribution in [2.24, 2.45) is 0 Å². The molecule has 2 N–H and O–H groups in total. The van der Waals surface area contributed by atoms with Crippen LogP contribution in [0.15, 0.2) is 42.5 Å². The highest BCUT2D eigenvalue weighted by Gasteiger charge is 2.46. The van der Waals surface area contributed by atoms with Gasteiger partial charge >= 0.3 is 15.5 Å². The van der Waals surface area contributed by atoms with Gasteiger partial charge in [0, 0.05) is 16.8 Å². The highest BCUT2D eigenvalue weighted by Crippen LogP contribution is 2.30. The summed E-state index contributed by atoms with van der Waals surface area (Å²) in [6.45, 7) is 0. The smallest absolute Gasteiger partial charge is 0.497 e. The molecule has 0 spiro atoms. The Morgan fingerprint density at radius 3 is 2.27 bits per heavy atom. The van der Waals surface area contributed by atoms with Crippen LogP contribution in [-0.2, 0) is 10.0 Å². The minimum atomic E-state index is -5.71. The van der Waals surface area contributed by atoms with Gasteiger partial charge in [-0.1, -0.05) is 11.6 Å². The van der Waals surface area contributed by atoms with Crippen LogP contribution in [-0.4, -0.2) is 26.9 Å². The number of anilines is 2. The molecule has 0 aromatic heterocycles. The SMILES string of the molecule is COc1ccc(C(=O)Nc2ccc(Cl)cc2)c(NS(=O)(=O)C(F)(F)F)c1. The number of carbonyl (C=O) groups is 1. The number of sulfonamides is 1. The van der Waals surface area contributed by atoms with E-state index in [1.165, 1.54) is 42.2 Å². The van der Waals surface area contributed by atoms with Crippen molar-refractivity contribution in [1.82, 2.24) is 0 Å². The Hall–Kier alpha value is -2.46. The molecule has 0 unspecified atom stereocenters. The van der Waals surface area contributed by atoms with Gasteiger partial charge in [0.05, 0.1) is 18.4 Å². The standard InChI is InChI=1S/C15H12ClF3N2O4S/c1-25-11-6-7-12(13(8-11)21-26(23,24)15(17,18)19)14(22)20-10-4-2-9(16)3-5-10/h2-8,21H,1H3,(H,20,22). The second-order valence-corrected chi connectivity index (χ2v) is 7.03. The molecule has 2 aromatic carbocycles. The molecule has 140 valence electrons. The lowest BCUT2D eigenvalue weighted by atomic mass is 10.1. The van der Waals surface area contributed by atoms with E-state index < -0.39 is 27.1 Å². The molecule has 1 amide bonds. The molecule has 11 heteroatoms. The van der Waals surface area contributed by atoms with Crippen LogP contribution in [0.3, 0.4) is 0 Å². The maximum atomic E-state index is 12.6.